The van der Waals surface area contributed by atoms with Crippen LogP contribution in [0.25, 0.3) is 116 Å². The third-order valence-electron chi connectivity index (χ3n) is 13.8. The molecule has 0 bridgehead atoms. The van der Waals surface area contributed by atoms with E-state index in [2.05, 4.69) is 233 Å². The van der Waals surface area contributed by atoms with Crippen LogP contribution in [-0.4, -0.2) is 9.55 Å². The number of aromatic nitrogens is 2. The largest absolute Gasteiger partial charge is 0.455 e. The Bertz CT molecular complexity index is 4240. The Morgan fingerprint density at radius 2 is 0.914 bits per heavy atom. The van der Waals surface area contributed by atoms with Crippen LogP contribution < -0.4 is 4.90 Å². The molecule has 0 spiro atoms. The normalized spacial score (nSPS) is 11.7. The SMILES string of the molecule is c1ccc(-c2cc(-c3ccccc3)cc(-n3c4ccccc4c4cc(-c5cc(N(c6cccc(-c7ccncc7)c6)c6cccc7c6oc6ccccc67)cc6c5oc5ccccc56)ccc43)c2)cc1. The van der Waals surface area contributed by atoms with E-state index in [1.54, 1.807) is 0 Å². The molecule has 0 aliphatic rings. The Morgan fingerprint density at radius 3 is 1.66 bits per heavy atom. The van der Waals surface area contributed by atoms with Crippen LogP contribution in [0.15, 0.2) is 258 Å². The molecule has 10 aromatic carbocycles. The average molecular weight is 896 g/mol. The number of pyridine rings is 1. The highest BCUT2D eigenvalue weighted by molar-refractivity contribution is 6.16. The summed E-state index contributed by atoms with van der Waals surface area (Å²) in [7, 11) is 0. The Balaban J connectivity index is 1.01. The van der Waals surface area contributed by atoms with Crippen molar-refractivity contribution in [3.05, 3.63) is 249 Å². The molecule has 5 nitrogen and oxygen atoms in total. The Kier molecular flexibility index (Phi) is 9.14. The highest BCUT2D eigenvalue weighted by atomic mass is 16.3. The summed E-state index contributed by atoms with van der Waals surface area (Å²) in [6, 6.07) is 84.5. The molecule has 0 radical (unpaired) electrons. The second-order valence-electron chi connectivity index (χ2n) is 17.9. The first-order chi connectivity index (χ1) is 34.7. The van der Waals surface area contributed by atoms with Crippen molar-refractivity contribution in [2.75, 3.05) is 4.90 Å². The highest BCUT2D eigenvalue weighted by Gasteiger charge is 2.24. The molecule has 0 amide bonds. The number of anilines is 3. The van der Waals surface area contributed by atoms with Gasteiger partial charge in [-0.3, -0.25) is 4.98 Å². The number of fused-ring (bicyclic) bond motifs is 9. The monoisotopic (exact) mass is 895 g/mol. The van der Waals surface area contributed by atoms with Gasteiger partial charge in [0.05, 0.1) is 16.7 Å². The molecule has 0 saturated carbocycles. The summed E-state index contributed by atoms with van der Waals surface area (Å²) in [6.45, 7) is 0. The molecule has 70 heavy (non-hydrogen) atoms. The van der Waals surface area contributed by atoms with Gasteiger partial charge in [-0.05, 0) is 130 Å². The number of rotatable bonds is 8. The maximum absolute atomic E-state index is 6.91. The second kappa shape index (κ2) is 16.1. The topological polar surface area (TPSA) is 47.3 Å². The summed E-state index contributed by atoms with van der Waals surface area (Å²) in [5.41, 5.74) is 18.5. The Morgan fingerprint density at radius 1 is 0.329 bits per heavy atom. The predicted molar refractivity (Wildman–Crippen MR) is 290 cm³/mol. The number of para-hydroxylation sites is 4. The van der Waals surface area contributed by atoms with Gasteiger partial charge >= 0.3 is 0 Å². The molecule has 0 aliphatic carbocycles. The molecule has 0 aliphatic heterocycles. The lowest BCUT2D eigenvalue weighted by Crippen LogP contribution is -2.10. The van der Waals surface area contributed by atoms with Gasteiger partial charge in [0.15, 0.2) is 5.58 Å². The predicted octanol–water partition coefficient (Wildman–Crippen LogP) is 18.1. The molecule has 5 heteroatoms. The minimum absolute atomic E-state index is 0.817. The average Bonchev–Trinajstić information content (AvgIpc) is 4.11. The third kappa shape index (κ3) is 6.51. The van der Waals surface area contributed by atoms with Gasteiger partial charge in [-0.15, -0.1) is 0 Å². The first kappa shape index (κ1) is 39.7. The van der Waals surface area contributed by atoms with Crippen LogP contribution in [0.2, 0.25) is 0 Å². The second-order valence-corrected chi connectivity index (χ2v) is 17.9. The Labute approximate surface area is 403 Å². The van der Waals surface area contributed by atoms with Crippen molar-refractivity contribution in [2.24, 2.45) is 0 Å². The lowest BCUT2D eigenvalue weighted by Gasteiger charge is -2.27. The molecular weight excluding hydrogens is 855 g/mol. The fraction of sp³-hybridized carbons (Fsp3) is 0. The number of hydrogen-bond acceptors (Lipinski definition) is 4. The molecule has 14 aromatic rings. The van der Waals surface area contributed by atoms with E-state index in [4.69, 9.17) is 8.83 Å². The van der Waals surface area contributed by atoms with Crippen LogP contribution >= 0.6 is 0 Å². The maximum atomic E-state index is 6.91. The summed E-state index contributed by atoms with van der Waals surface area (Å²) in [5, 5.41) is 6.56. The fourth-order valence-electron chi connectivity index (χ4n) is 10.6. The fourth-order valence-corrected chi connectivity index (χ4v) is 10.6. The van der Waals surface area contributed by atoms with Gasteiger partial charge in [-0.25, -0.2) is 0 Å². The van der Waals surface area contributed by atoms with E-state index in [1.807, 2.05) is 30.6 Å². The molecule has 328 valence electrons. The molecular formula is C65H41N3O2. The summed E-state index contributed by atoms with van der Waals surface area (Å²) in [5.74, 6) is 0. The van der Waals surface area contributed by atoms with Gasteiger partial charge < -0.3 is 18.3 Å². The quantitative estimate of drug-likeness (QED) is 0.152. The van der Waals surface area contributed by atoms with Crippen LogP contribution in [0.4, 0.5) is 17.1 Å². The van der Waals surface area contributed by atoms with Crippen molar-refractivity contribution in [1.82, 2.24) is 9.55 Å². The zero-order chi connectivity index (χ0) is 46.1. The van der Waals surface area contributed by atoms with E-state index < -0.39 is 0 Å². The van der Waals surface area contributed by atoms with Crippen molar-refractivity contribution < 1.29 is 8.83 Å². The lowest BCUT2D eigenvalue weighted by molar-refractivity contribution is 0.669. The molecule has 14 rings (SSSR count). The van der Waals surface area contributed by atoms with Crippen LogP contribution in [0, 0.1) is 0 Å². The molecule has 0 N–H and O–H groups in total. The van der Waals surface area contributed by atoms with Gasteiger partial charge in [0.25, 0.3) is 0 Å². The van der Waals surface area contributed by atoms with Crippen molar-refractivity contribution >= 4 is 82.7 Å². The van der Waals surface area contributed by atoms with E-state index >= 15 is 0 Å². The zero-order valence-electron chi connectivity index (χ0n) is 37.8. The van der Waals surface area contributed by atoms with Crippen molar-refractivity contribution in [3.8, 4) is 50.2 Å². The number of nitrogens with zero attached hydrogens (tertiary/aromatic N) is 3. The van der Waals surface area contributed by atoms with Gasteiger partial charge in [0.2, 0.25) is 0 Å². The first-order valence-corrected chi connectivity index (χ1v) is 23.7. The van der Waals surface area contributed by atoms with E-state index in [9.17, 15) is 0 Å². The lowest BCUT2D eigenvalue weighted by atomic mass is 9.97. The van der Waals surface area contributed by atoms with Crippen molar-refractivity contribution in [2.45, 2.75) is 0 Å². The van der Waals surface area contributed by atoms with Crippen LogP contribution in [-0.2, 0) is 0 Å². The minimum Gasteiger partial charge on any atom is -0.455 e. The van der Waals surface area contributed by atoms with Crippen LogP contribution in [0.5, 0.6) is 0 Å². The third-order valence-corrected chi connectivity index (χ3v) is 13.8. The van der Waals surface area contributed by atoms with E-state index in [0.29, 0.717) is 0 Å². The molecule has 4 aromatic heterocycles. The summed E-state index contributed by atoms with van der Waals surface area (Å²) >= 11 is 0. The number of benzene rings is 10. The van der Waals surface area contributed by atoms with Gasteiger partial charge in [0, 0.05) is 67.3 Å². The van der Waals surface area contributed by atoms with Gasteiger partial charge in [-0.1, -0.05) is 146 Å². The van der Waals surface area contributed by atoms with Crippen molar-refractivity contribution in [3.63, 3.8) is 0 Å². The molecule has 4 heterocycles. The van der Waals surface area contributed by atoms with Crippen molar-refractivity contribution in [1.29, 1.82) is 0 Å². The molecule has 0 saturated heterocycles. The zero-order valence-corrected chi connectivity index (χ0v) is 37.8. The number of furan rings is 2. The van der Waals surface area contributed by atoms with E-state index in [0.717, 1.165) is 116 Å². The van der Waals surface area contributed by atoms with E-state index in [-0.39, 0.29) is 0 Å². The molecule has 0 fully saturated rings. The van der Waals surface area contributed by atoms with E-state index in [1.165, 1.54) is 16.5 Å². The standard InChI is InChI=1S/C65H41N3O2/c1-3-15-42(16-4-1)47-35-48(43-17-5-2-6-18-43)38-50(37-47)68-59-25-10-7-21-52(59)57-39-46(29-30-60(57)68)56-40-51(41-58-54-23-9-12-28-63(54)69-64(56)58)67(49-20-13-19-45(36-49)44-31-33-66-34-32-44)61-26-14-24-55-53-22-8-11-27-62(53)70-65(55)61/h1-41H. The maximum Gasteiger partial charge on any atom is 0.159 e. The smallest absolute Gasteiger partial charge is 0.159 e. The molecule has 0 unspecified atom stereocenters. The molecule has 0 atom stereocenters. The summed E-state index contributed by atoms with van der Waals surface area (Å²) in [6.07, 6.45) is 3.69. The summed E-state index contributed by atoms with van der Waals surface area (Å²) < 4.78 is 16.1. The van der Waals surface area contributed by atoms with Gasteiger partial charge in [0.1, 0.15) is 16.7 Å². The highest BCUT2D eigenvalue weighted by Crippen LogP contribution is 2.48. The first-order valence-electron chi connectivity index (χ1n) is 23.7. The number of hydrogen-bond donors (Lipinski definition) is 0. The Hall–Kier alpha value is -9.45. The van der Waals surface area contributed by atoms with Crippen LogP contribution in [0.3, 0.4) is 0 Å². The minimum atomic E-state index is 0.817. The van der Waals surface area contributed by atoms with Gasteiger partial charge in [-0.2, -0.15) is 0 Å². The van der Waals surface area contributed by atoms with Crippen LogP contribution in [0.1, 0.15) is 0 Å². The summed E-state index contributed by atoms with van der Waals surface area (Å²) in [4.78, 5) is 6.66.